The molecular weight excluding hydrogens is 462 g/mol. The first-order valence-corrected chi connectivity index (χ1v) is 10.6. The first-order chi connectivity index (χ1) is 13.8. The van der Waals surface area contributed by atoms with E-state index in [1.807, 2.05) is 0 Å². The molecule has 2 amide bonds. The van der Waals surface area contributed by atoms with Gasteiger partial charge in [-0.2, -0.15) is 0 Å². The zero-order valence-corrected chi connectivity index (χ0v) is 17.5. The van der Waals surface area contributed by atoms with E-state index in [1.54, 1.807) is 19.1 Å². The molecule has 0 aliphatic rings. The molecule has 8 nitrogen and oxygen atoms in total. The van der Waals surface area contributed by atoms with Crippen LogP contribution in [0.2, 0.25) is 0 Å². The van der Waals surface area contributed by atoms with Gasteiger partial charge in [-0.15, -0.1) is 0 Å². The number of sulfonamides is 1. The van der Waals surface area contributed by atoms with Crippen molar-refractivity contribution in [2.45, 2.75) is 11.8 Å². The van der Waals surface area contributed by atoms with Gasteiger partial charge >= 0.3 is 0 Å². The van der Waals surface area contributed by atoms with Crippen molar-refractivity contribution in [1.82, 2.24) is 10.9 Å². The summed E-state index contributed by atoms with van der Waals surface area (Å²) in [5.41, 5.74) is 5.42. The Hall–Kier alpha value is -3.11. The van der Waals surface area contributed by atoms with E-state index in [4.69, 9.17) is 4.42 Å². The zero-order valence-electron chi connectivity index (χ0n) is 15.1. The Bertz CT molecular complexity index is 1140. The number of furan rings is 1. The normalized spacial score (nSPS) is 11.0. The van der Waals surface area contributed by atoms with Crippen molar-refractivity contribution >= 4 is 43.5 Å². The molecule has 1 aromatic heterocycles. The lowest BCUT2D eigenvalue weighted by atomic mass is 10.2. The van der Waals surface area contributed by atoms with Gasteiger partial charge in [0.1, 0.15) is 5.76 Å². The molecule has 150 valence electrons. The number of carbonyl (C=O) groups excluding carboxylic acids is 2. The van der Waals surface area contributed by atoms with Crippen LogP contribution in [-0.2, 0) is 10.0 Å². The van der Waals surface area contributed by atoms with Gasteiger partial charge in [-0.3, -0.25) is 25.2 Å². The van der Waals surface area contributed by atoms with Crippen LogP contribution in [-0.4, -0.2) is 20.2 Å². The third kappa shape index (κ3) is 5.04. The van der Waals surface area contributed by atoms with Crippen molar-refractivity contribution in [1.29, 1.82) is 0 Å². The van der Waals surface area contributed by atoms with Gasteiger partial charge in [0.15, 0.2) is 0 Å². The molecule has 29 heavy (non-hydrogen) atoms. The van der Waals surface area contributed by atoms with E-state index in [0.717, 1.165) is 4.47 Å². The van der Waals surface area contributed by atoms with Gasteiger partial charge in [0.25, 0.3) is 21.8 Å². The summed E-state index contributed by atoms with van der Waals surface area (Å²) in [5, 5.41) is 0. The van der Waals surface area contributed by atoms with Crippen molar-refractivity contribution in [3.05, 3.63) is 82.2 Å². The van der Waals surface area contributed by atoms with Gasteiger partial charge < -0.3 is 4.42 Å². The minimum atomic E-state index is -3.75. The Morgan fingerprint density at radius 1 is 0.897 bits per heavy atom. The summed E-state index contributed by atoms with van der Waals surface area (Å²) in [6, 6.07) is 13.5. The number of hydrogen-bond acceptors (Lipinski definition) is 5. The van der Waals surface area contributed by atoms with E-state index >= 15 is 0 Å². The predicted octanol–water partition coefficient (Wildman–Crippen LogP) is 3.23. The molecule has 0 unspecified atom stereocenters. The van der Waals surface area contributed by atoms with Crippen molar-refractivity contribution in [3.8, 4) is 0 Å². The van der Waals surface area contributed by atoms with Crippen LogP contribution >= 0.6 is 15.9 Å². The first kappa shape index (κ1) is 20.6. The first-order valence-electron chi connectivity index (χ1n) is 8.29. The largest absolute Gasteiger partial charge is 0.469 e. The highest BCUT2D eigenvalue weighted by Gasteiger charge is 2.15. The molecule has 0 saturated carbocycles. The van der Waals surface area contributed by atoms with Crippen molar-refractivity contribution < 1.29 is 22.4 Å². The van der Waals surface area contributed by atoms with Crippen LogP contribution in [0, 0.1) is 6.92 Å². The molecule has 0 aliphatic carbocycles. The molecule has 2 aromatic carbocycles. The van der Waals surface area contributed by atoms with E-state index in [-0.39, 0.29) is 10.5 Å². The highest BCUT2D eigenvalue weighted by Crippen LogP contribution is 2.19. The van der Waals surface area contributed by atoms with Gasteiger partial charge in [-0.1, -0.05) is 15.9 Å². The number of nitrogens with one attached hydrogen (secondary N) is 3. The number of benzene rings is 2. The lowest BCUT2D eigenvalue weighted by molar-refractivity contribution is 0.0845. The van der Waals surface area contributed by atoms with Crippen molar-refractivity contribution in [2.24, 2.45) is 0 Å². The maximum Gasteiger partial charge on any atom is 0.273 e. The van der Waals surface area contributed by atoms with Crippen LogP contribution in [0.3, 0.4) is 0 Å². The molecule has 0 saturated heterocycles. The summed E-state index contributed by atoms with van der Waals surface area (Å²) in [7, 11) is -3.75. The smallest absolute Gasteiger partial charge is 0.273 e. The number of hydrazine groups is 1. The standard InChI is InChI=1S/C19H16BrN3O5S/c1-12-17(10-11-28-12)19(25)22-21-18(24)13-2-6-15(7-3-13)23-29(26,27)16-8-4-14(20)5-9-16/h2-11,23H,1H3,(H,21,24)(H,22,25). The molecule has 0 atom stereocenters. The lowest BCUT2D eigenvalue weighted by Crippen LogP contribution is -2.41. The van der Waals surface area contributed by atoms with Gasteiger partial charge in [-0.25, -0.2) is 8.42 Å². The Morgan fingerprint density at radius 3 is 2.10 bits per heavy atom. The molecule has 3 rings (SSSR count). The number of halogens is 1. The second-order valence-electron chi connectivity index (χ2n) is 5.94. The van der Waals surface area contributed by atoms with Gasteiger partial charge in [0.05, 0.1) is 16.7 Å². The highest BCUT2D eigenvalue weighted by molar-refractivity contribution is 9.10. The average molecular weight is 478 g/mol. The van der Waals surface area contributed by atoms with E-state index in [9.17, 15) is 18.0 Å². The number of hydrogen-bond donors (Lipinski definition) is 3. The molecule has 10 heteroatoms. The van der Waals surface area contributed by atoms with Gasteiger partial charge in [-0.05, 0) is 61.5 Å². The fourth-order valence-corrected chi connectivity index (χ4v) is 3.71. The fraction of sp³-hybridized carbons (Fsp3) is 0.0526. The summed E-state index contributed by atoms with van der Waals surface area (Å²) >= 11 is 3.25. The number of rotatable bonds is 5. The summed E-state index contributed by atoms with van der Waals surface area (Å²) < 4.78 is 33.0. The van der Waals surface area contributed by atoms with E-state index < -0.39 is 21.8 Å². The maximum absolute atomic E-state index is 12.4. The Labute approximate surface area is 175 Å². The molecule has 1 heterocycles. The number of amides is 2. The monoisotopic (exact) mass is 477 g/mol. The predicted molar refractivity (Wildman–Crippen MR) is 110 cm³/mol. The minimum Gasteiger partial charge on any atom is -0.469 e. The van der Waals surface area contributed by atoms with Crippen LogP contribution in [0.5, 0.6) is 0 Å². The van der Waals surface area contributed by atoms with Gasteiger partial charge in [0.2, 0.25) is 0 Å². The third-order valence-electron chi connectivity index (χ3n) is 3.92. The molecule has 3 N–H and O–H groups in total. The summed E-state index contributed by atoms with van der Waals surface area (Å²) in [6.07, 6.45) is 1.38. The summed E-state index contributed by atoms with van der Waals surface area (Å²) in [4.78, 5) is 24.2. The molecule has 0 aliphatic heterocycles. The second-order valence-corrected chi connectivity index (χ2v) is 8.53. The Balaban J connectivity index is 1.62. The quantitative estimate of drug-likeness (QED) is 0.487. The molecule has 0 bridgehead atoms. The number of aryl methyl sites for hydroxylation is 1. The van der Waals surface area contributed by atoms with Crippen molar-refractivity contribution in [3.63, 3.8) is 0 Å². The average Bonchev–Trinajstić information content (AvgIpc) is 3.12. The Morgan fingerprint density at radius 2 is 1.52 bits per heavy atom. The lowest BCUT2D eigenvalue weighted by Gasteiger charge is -2.10. The van der Waals surface area contributed by atoms with Crippen LogP contribution in [0.1, 0.15) is 26.5 Å². The molecular formula is C19H16BrN3O5S. The summed E-state index contributed by atoms with van der Waals surface area (Å²) in [6.45, 7) is 1.63. The maximum atomic E-state index is 12.4. The van der Waals surface area contributed by atoms with Crippen LogP contribution in [0.4, 0.5) is 5.69 Å². The number of anilines is 1. The number of carbonyl (C=O) groups is 2. The molecule has 0 radical (unpaired) electrons. The molecule has 3 aromatic rings. The Kier molecular flexibility index (Phi) is 6.04. The third-order valence-corrected chi connectivity index (χ3v) is 5.84. The molecule has 0 spiro atoms. The molecule has 0 fully saturated rings. The van der Waals surface area contributed by atoms with E-state index in [2.05, 4.69) is 31.5 Å². The van der Waals surface area contributed by atoms with Crippen LogP contribution in [0.25, 0.3) is 0 Å². The summed E-state index contributed by atoms with van der Waals surface area (Å²) in [5.74, 6) is -0.635. The van der Waals surface area contributed by atoms with Crippen LogP contribution in [0.15, 0.2) is 74.6 Å². The zero-order chi connectivity index (χ0) is 21.0. The minimum absolute atomic E-state index is 0.111. The van der Waals surface area contributed by atoms with E-state index in [1.165, 1.54) is 48.7 Å². The second kappa shape index (κ2) is 8.50. The van der Waals surface area contributed by atoms with Gasteiger partial charge in [0, 0.05) is 15.7 Å². The van der Waals surface area contributed by atoms with E-state index in [0.29, 0.717) is 17.0 Å². The topological polar surface area (TPSA) is 118 Å². The highest BCUT2D eigenvalue weighted by atomic mass is 79.9. The van der Waals surface area contributed by atoms with Crippen LogP contribution < -0.4 is 15.6 Å². The SMILES string of the molecule is Cc1occc1C(=O)NNC(=O)c1ccc(NS(=O)(=O)c2ccc(Br)cc2)cc1. The fourth-order valence-electron chi connectivity index (χ4n) is 2.39. The van der Waals surface area contributed by atoms with Crippen molar-refractivity contribution in [2.75, 3.05) is 4.72 Å².